The van der Waals surface area contributed by atoms with Crippen LogP contribution in [-0.4, -0.2) is 14.6 Å². The highest BCUT2D eigenvalue weighted by molar-refractivity contribution is 9.10. The maximum Gasteiger partial charge on any atom is 0.169 e. The summed E-state index contributed by atoms with van der Waals surface area (Å²) in [4.78, 5) is 0. The molecule has 0 saturated carbocycles. The van der Waals surface area contributed by atoms with E-state index in [0.29, 0.717) is 0 Å². The van der Waals surface area contributed by atoms with Gasteiger partial charge in [0, 0.05) is 20.8 Å². The number of halogens is 1. The SMILES string of the molecule is Brc1ccc(-c2nnc3c4ccccc4c4ccccc4n23)cc1.CC. The van der Waals surface area contributed by atoms with Crippen molar-refractivity contribution in [1.29, 1.82) is 0 Å². The van der Waals surface area contributed by atoms with Crippen molar-refractivity contribution in [3.05, 3.63) is 77.3 Å². The molecule has 0 aliphatic rings. The van der Waals surface area contributed by atoms with E-state index >= 15 is 0 Å². The Morgan fingerprint density at radius 1 is 0.692 bits per heavy atom. The maximum absolute atomic E-state index is 4.50. The first-order valence-electron chi connectivity index (χ1n) is 8.73. The van der Waals surface area contributed by atoms with Gasteiger partial charge in [-0.1, -0.05) is 84.4 Å². The Morgan fingerprint density at radius 2 is 1.31 bits per heavy atom. The molecule has 0 aliphatic heterocycles. The van der Waals surface area contributed by atoms with Gasteiger partial charge in [-0.2, -0.15) is 0 Å². The van der Waals surface area contributed by atoms with Gasteiger partial charge >= 0.3 is 0 Å². The predicted octanol–water partition coefficient (Wildman–Crippen LogP) is 6.49. The molecule has 2 aromatic heterocycles. The Hall–Kier alpha value is -2.72. The van der Waals surface area contributed by atoms with Crippen molar-refractivity contribution in [2.75, 3.05) is 0 Å². The van der Waals surface area contributed by atoms with E-state index in [9.17, 15) is 0 Å². The summed E-state index contributed by atoms with van der Waals surface area (Å²) < 4.78 is 3.20. The average Bonchev–Trinajstić information content (AvgIpc) is 3.16. The second-order valence-electron chi connectivity index (χ2n) is 5.75. The minimum Gasteiger partial charge on any atom is -0.274 e. The third-order valence-electron chi connectivity index (χ3n) is 4.37. The van der Waals surface area contributed by atoms with E-state index < -0.39 is 0 Å². The molecule has 5 rings (SSSR count). The molecule has 0 bridgehead atoms. The number of para-hydroxylation sites is 1. The Bertz CT molecular complexity index is 1210. The largest absolute Gasteiger partial charge is 0.274 e. The van der Waals surface area contributed by atoms with Gasteiger partial charge in [-0.3, -0.25) is 4.40 Å². The van der Waals surface area contributed by atoms with Crippen molar-refractivity contribution in [2.24, 2.45) is 0 Å². The van der Waals surface area contributed by atoms with Gasteiger partial charge in [-0.25, -0.2) is 0 Å². The van der Waals surface area contributed by atoms with Gasteiger partial charge in [0.1, 0.15) is 0 Å². The van der Waals surface area contributed by atoms with Gasteiger partial charge in [-0.05, 0) is 23.6 Å². The highest BCUT2D eigenvalue weighted by atomic mass is 79.9. The summed E-state index contributed by atoms with van der Waals surface area (Å²) >= 11 is 3.49. The fourth-order valence-electron chi connectivity index (χ4n) is 3.28. The molecule has 0 fully saturated rings. The van der Waals surface area contributed by atoms with Gasteiger partial charge < -0.3 is 0 Å². The van der Waals surface area contributed by atoms with Gasteiger partial charge in [0.2, 0.25) is 0 Å². The fourth-order valence-corrected chi connectivity index (χ4v) is 3.55. The normalized spacial score (nSPS) is 10.9. The molecule has 3 nitrogen and oxygen atoms in total. The van der Waals surface area contributed by atoms with Gasteiger partial charge in [0.05, 0.1) is 5.52 Å². The number of hydrogen-bond donors (Lipinski definition) is 0. The van der Waals surface area contributed by atoms with Crippen LogP contribution >= 0.6 is 15.9 Å². The zero-order valence-electron chi connectivity index (χ0n) is 14.6. The van der Waals surface area contributed by atoms with Crippen molar-refractivity contribution in [3.63, 3.8) is 0 Å². The molecule has 0 amide bonds. The molecule has 26 heavy (non-hydrogen) atoms. The van der Waals surface area contributed by atoms with E-state index in [1.54, 1.807) is 0 Å². The lowest BCUT2D eigenvalue weighted by atomic mass is 10.1. The van der Waals surface area contributed by atoms with Crippen molar-refractivity contribution >= 4 is 43.3 Å². The number of aromatic nitrogens is 3. The summed E-state index contributed by atoms with van der Waals surface area (Å²) in [5.74, 6) is 0.861. The summed E-state index contributed by atoms with van der Waals surface area (Å²) in [5, 5.41) is 12.5. The highest BCUT2D eigenvalue weighted by Crippen LogP contribution is 2.31. The summed E-state index contributed by atoms with van der Waals surface area (Å²) in [6.45, 7) is 4.00. The van der Waals surface area contributed by atoms with E-state index in [2.05, 4.69) is 85.1 Å². The molecule has 0 aliphatic carbocycles. The van der Waals surface area contributed by atoms with Crippen molar-refractivity contribution in [2.45, 2.75) is 13.8 Å². The molecule has 128 valence electrons. The van der Waals surface area contributed by atoms with E-state index in [-0.39, 0.29) is 0 Å². The number of nitrogens with zero attached hydrogens (tertiary/aromatic N) is 3. The van der Waals surface area contributed by atoms with E-state index in [1.165, 1.54) is 10.8 Å². The average molecular weight is 404 g/mol. The molecule has 3 aromatic carbocycles. The van der Waals surface area contributed by atoms with Gasteiger partial charge in [0.15, 0.2) is 11.5 Å². The summed E-state index contributed by atoms with van der Waals surface area (Å²) in [5.41, 5.74) is 3.06. The number of fused-ring (bicyclic) bond motifs is 6. The lowest BCUT2D eigenvalue weighted by Crippen LogP contribution is -1.94. The van der Waals surface area contributed by atoms with Crippen LogP contribution in [0.4, 0.5) is 0 Å². The van der Waals surface area contributed by atoms with Crippen molar-refractivity contribution in [1.82, 2.24) is 14.6 Å². The molecule has 0 unspecified atom stereocenters. The van der Waals surface area contributed by atoms with Crippen LogP contribution in [0.1, 0.15) is 13.8 Å². The molecule has 0 saturated heterocycles. The minimum atomic E-state index is 0.861. The molecule has 2 heterocycles. The van der Waals surface area contributed by atoms with E-state index in [0.717, 1.165) is 32.4 Å². The van der Waals surface area contributed by atoms with Crippen LogP contribution in [0.25, 0.3) is 38.7 Å². The van der Waals surface area contributed by atoms with Crippen molar-refractivity contribution in [3.8, 4) is 11.4 Å². The first-order valence-corrected chi connectivity index (χ1v) is 9.53. The zero-order valence-corrected chi connectivity index (χ0v) is 16.2. The third-order valence-corrected chi connectivity index (χ3v) is 4.90. The molecule has 0 spiro atoms. The number of pyridine rings is 1. The molecule has 0 atom stereocenters. The first-order chi connectivity index (χ1) is 12.8. The van der Waals surface area contributed by atoms with Gasteiger partial charge in [-0.15, -0.1) is 10.2 Å². The van der Waals surface area contributed by atoms with E-state index in [4.69, 9.17) is 0 Å². The molecule has 5 aromatic rings. The number of rotatable bonds is 1. The second-order valence-corrected chi connectivity index (χ2v) is 6.67. The second kappa shape index (κ2) is 6.89. The van der Waals surface area contributed by atoms with Crippen LogP contribution in [0.3, 0.4) is 0 Å². The van der Waals surface area contributed by atoms with Crippen LogP contribution in [-0.2, 0) is 0 Å². The molecular formula is C22H18BrN3. The lowest BCUT2D eigenvalue weighted by Gasteiger charge is -2.09. The number of hydrogen-bond acceptors (Lipinski definition) is 2. The zero-order chi connectivity index (χ0) is 18.1. The molecule has 4 heteroatoms. The van der Waals surface area contributed by atoms with Crippen LogP contribution in [0.2, 0.25) is 0 Å². The summed E-state index contributed by atoms with van der Waals surface area (Å²) in [7, 11) is 0. The van der Waals surface area contributed by atoms with Crippen molar-refractivity contribution < 1.29 is 0 Å². The molecular weight excluding hydrogens is 386 g/mol. The minimum absolute atomic E-state index is 0.861. The predicted molar refractivity (Wildman–Crippen MR) is 112 cm³/mol. The monoisotopic (exact) mass is 403 g/mol. The standard InChI is InChI=1S/C20H12BrN3.C2H6/c21-14-11-9-13(10-12-14)19-22-23-20-17-7-2-1-5-15(17)16-6-3-4-8-18(16)24(19)20;1-2/h1-12H;1-2H3. The topological polar surface area (TPSA) is 30.2 Å². The molecule has 0 N–H and O–H groups in total. The summed E-state index contributed by atoms with van der Waals surface area (Å²) in [6, 6.07) is 25.0. The van der Waals surface area contributed by atoms with Crippen LogP contribution in [0, 0.1) is 0 Å². The van der Waals surface area contributed by atoms with Gasteiger partial charge in [0.25, 0.3) is 0 Å². The van der Waals surface area contributed by atoms with E-state index in [1.807, 2.05) is 32.0 Å². The van der Waals surface area contributed by atoms with Crippen LogP contribution in [0.5, 0.6) is 0 Å². The quantitative estimate of drug-likeness (QED) is 0.299. The fraction of sp³-hybridized carbons (Fsp3) is 0.0909. The highest BCUT2D eigenvalue weighted by Gasteiger charge is 2.14. The Morgan fingerprint density at radius 3 is 2.04 bits per heavy atom. The Kier molecular flexibility index (Phi) is 4.43. The summed E-state index contributed by atoms with van der Waals surface area (Å²) in [6.07, 6.45) is 0. The van der Waals surface area contributed by atoms with Crippen LogP contribution < -0.4 is 0 Å². The number of benzene rings is 3. The molecule has 0 radical (unpaired) electrons. The van der Waals surface area contributed by atoms with Crippen LogP contribution in [0.15, 0.2) is 77.3 Å². The first kappa shape index (κ1) is 16.7. The Labute approximate surface area is 160 Å². The third kappa shape index (κ3) is 2.58. The smallest absolute Gasteiger partial charge is 0.169 e. The Balaban J connectivity index is 0.000000814. The maximum atomic E-state index is 4.50. The lowest BCUT2D eigenvalue weighted by molar-refractivity contribution is 1.12.